The molecule has 0 saturated heterocycles. The SMILES string of the molecule is COc1cc(S)c(F)cc1C. The Kier molecular flexibility index (Phi) is 2.39. The van der Waals surface area contributed by atoms with Gasteiger partial charge in [0, 0.05) is 4.90 Å². The molecule has 1 aromatic rings. The molecule has 0 radical (unpaired) electrons. The first-order valence-electron chi connectivity index (χ1n) is 3.18. The average molecular weight is 172 g/mol. The van der Waals surface area contributed by atoms with E-state index in [-0.39, 0.29) is 5.82 Å². The van der Waals surface area contributed by atoms with Crippen molar-refractivity contribution in [3.05, 3.63) is 23.5 Å². The zero-order valence-electron chi connectivity index (χ0n) is 6.39. The van der Waals surface area contributed by atoms with E-state index in [0.717, 1.165) is 5.56 Å². The van der Waals surface area contributed by atoms with Crippen molar-refractivity contribution < 1.29 is 9.13 Å². The molecule has 0 aliphatic carbocycles. The Morgan fingerprint density at radius 2 is 2.09 bits per heavy atom. The Bertz CT molecular complexity index is 273. The van der Waals surface area contributed by atoms with Gasteiger partial charge in [0.1, 0.15) is 11.6 Å². The predicted molar refractivity (Wildman–Crippen MR) is 44.9 cm³/mol. The molecule has 0 aliphatic rings. The Hall–Kier alpha value is -0.700. The summed E-state index contributed by atoms with van der Waals surface area (Å²) in [5.74, 6) is 0.350. The van der Waals surface area contributed by atoms with Crippen LogP contribution >= 0.6 is 12.6 Å². The lowest BCUT2D eigenvalue weighted by atomic mass is 10.2. The lowest BCUT2D eigenvalue weighted by molar-refractivity contribution is 0.408. The lowest BCUT2D eigenvalue weighted by Crippen LogP contribution is -1.89. The molecule has 0 fully saturated rings. The zero-order chi connectivity index (χ0) is 8.43. The van der Waals surface area contributed by atoms with Gasteiger partial charge in [0.15, 0.2) is 0 Å². The Morgan fingerprint density at radius 1 is 1.45 bits per heavy atom. The van der Waals surface area contributed by atoms with Crippen LogP contribution in [0, 0.1) is 12.7 Å². The highest BCUT2D eigenvalue weighted by molar-refractivity contribution is 7.80. The Balaban J connectivity index is 3.21. The van der Waals surface area contributed by atoms with E-state index in [2.05, 4.69) is 12.6 Å². The number of hydrogen-bond acceptors (Lipinski definition) is 2. The lowest BCUT2D eigenvalue weighted by Gasteiger charge is -2.04. The van der Waals surface area contributed by atoms with Crippen molar-refractivity contribution in [1.29, 1.82) is 0 Å². The first kappa shape index (κ1) is 8.40. The summed E-state index contributed by atoms with van der Waals surface area (Å²) >= 11 is 3.91. The maximum Gasteiger partial charge on any atom is 0.137 e. The second-order valence-corrected chi connectivity index (χ2v) is 2.76. The van der Waals surface area contributed by atoms with Gasteiger partial charge in [-0.05, 0) is 24.6 Å². The summed E-state index contributed by atoms with van der Waals surface area (Å²) in [6, 6.07) is 2.97. The van der Waals surface area contributed by atoms with E-state index >= 15 is 0 Å². The first-order valence-corrected chi connectivity index (χ1v) is 3.63. The molecule has 0 saturated carbocycles. The summed E-state index contributed by atoms with van der Waals surface area (Å²) in [4.78, 5) is 0.312. The summed E-state index contributed by atoms with van der Waals surface area (Å²) in [5, 5.41) is 0. The third-order valence-corrected chi connectivity index (χ3v) is 1.81. The van der Waals surface area contributed by atoms with Gasteiger partial charge in [-0.15, -0.1) is 12.6 Å². The highest BCUT2D eigenvalue weighted by atomic mass is 32.1. The van der Waals surface area contributed by atoms with Crippen LogP contribution in [0.15, 0.2) is 17.0 Å². The van der Waals surface area contributed by atoms with E-state index in [4.69, 9.17) is 4.74 Å². The smallest absolute Gasteiger partial charge is 0.137 e. The van der Waals surface area contributed by atoms with E-state index in [0.29, 0.717) is 10.6 Å². The zero-order valence-corrected chi connectivity index (χ0v) is 7.28. The number of rotatable bonds is 1. The number of halogens is 1. The molecule has 3 heteroatoms. The van der Waals surface area contributed by atoms with Crippen LogP contribution in [-0.4, -0.2) is 7.11 Å². The van der Waals surface area contributed by atoms with Crippen LogP contribution in [0.5, 0.6) is 5.75 Å². The molecule has 1 rings (SSSR count). The number of thiol groups is 1. The first-order chi connectivity index (χ1) is 5.15. The summed E-state index contributed by atoms with van der Waals surface area (Å²) in [6.45, 7) is 1.79. The number of methoxy groups -OCH3 is 1. The minimum absolute atomic E-state index is 0.312. The molecule has 0 spiro atoms. The highest BCUT2D eigenvalue weighted by Gasteiger charge is 2.03. The summed E-state index contributed by atoms with van der Waals surface area (Å²) in [6.07, 6.45) is 0. The number of ether oxygens (including phenoxy) is 1. The van der Waals surface area contributed by atoms with Crippen molar-refractivity contribution in [2.75, 3.05) is 7.11 Å². The van der Waals surface area contributed by atoms with Crippen LogP contribution in [0.1, 0.15) is 5.56 Å². The maximum atomic E-state index is 12.8. The van der Waals surface area contributed by atoms with Crippen molar-refractivity contribution >= 4 is 12.6 Å². The Labute approximate surface area is 70.6 Å². The van der Waals surface area contributed by atoms with E-state index in [1.54, 1.807) is 20.1 Å². The van der Waals surface area contributed by atoms with E-state index in [1.807, 2.05) is 0 Å². The van der Waals surface area contributed by atoms with Crippen LogP contribution in [0.3, 0.4) is 0 Å². The van der Waals surface area contributed by atoms with Crippen molar-refractivity contribution in [2.45, 2.75) is 11.8 Å². The van der Waals surface area contributed by atoms with Crippen molar-refractivity contribution in [3.63, 3.8) is 0 Å². The van der Waals surface area contributed by atoms with Crippen LogP contribution in [-0.2, 0) is 0 Å². The third-order valence-electron chi connectivity index (χ3n) is 1.46. The molecule has 1 aromatic carbocycles. The minimum atomic E-state index is -0.313. The molecular weight excluding hydrogens is 163 g/mol. The topological polar surface area (TPSA) is 9.23 Å². The van der Waals surface area contributed by atoms with Gasteiger partial charge in [0.2, 0.25) is 0 Å². The molecule has 0 atom stereocenters. The minimum Gasteiger partial charge on any atom is -0.496 e. The average Bonchev–Trinajstić information content (AvgIpc) is 1.97. The van der Waals surface area contributed by atoms with E-state index in [9.17, 15) is 4.39 Å². The molecule has 0 bridgehead atoms. The molecule has 1 nitrogen and oxygen atoms in total. The van der Waals surface area contributed by atoms with Crippen LogP contribution in [0.25, 0.3) is 0 Å². The molecule has 60 valence electrons. The van der Waals surface area contributed by atoms with Gasteiger partial charge in [-0.3, -0.25) is 0 Å². The number of benzene rings is 1. The predicted octanol–water partition coefficient (Wildman–Crippen LogP) is 2.43. The van der Waals surface area contributed by atoms with Crippen molar-refractivity contribution in [2.24, 2.45) is 0 Å². The fraction of sp³-hybridized carbons (Fsp3) is 0.250. The number of hydrogen-bond donors (Lipinski definition) is 1. The van der Waals surface area contributed by atoms with Gasteiger partial charge < -0.3 is 4.74 Å². The Morgan fingerprint density at radius 3 is 2.64 bits per heavy atom. The highest BCUT2D eigenvalue weighted by Crippen LogP contribution is 2.23. The van der Waals surface area contributed by atoms with Gasteiger partial charge >= 0.3 is 0 Å². The summed E-state index contributed by atoms with van der Waals surface area (Å²) < 4.78 is 17.7. The van der Waals surface area contributed by atoms with Crippen LogP contribution < -0.4 is 4.74 Å². The largest absolute Gasteiger partial charge is 0.496 e. The van der Waals surface area contributed by atoms with E-state index in [1.165, 1.54) is 6.07 Å². The molecular formula is C8H9FOS. The summed E-state index contributed by atoms with van der Waals surface area (Å²) in [7, 11) is 1.55. The molecule has 0 N–H and O–H groups in total. The monoisotopic (exact) mass is 172 g/mol. The fourth-order valence-corrected chi connectivity index (χ4v) is 1.04. The molecule has 0 heterocycles. The third kappa shape index (κ3) is 1.66. The normalized spacial score (nSPS) is 9.82. The van der Waals surface area contributed by atoms with Crippen LogP contribution in [0.2, 0.25) is 0 Å². The van der Waals surface area contributed by atoms with Gasteiger partial charge in [-0.2, -0.15) is 0 Å². The van der Waals surface area contributed by atoms with E-state index < -0.39 is 0 Å². The quantitative estimate of drug-likeness (QED) is 0.640. The molecule has 0 aliphatic heterocycles. The van der Waals surface area contributed by atoms with Crippen molar-refractivity contribution in [3.8, 4) is 5.75 Å². The molecule has 0 aromatic heterocycles. The van der Waals surface area contributed by atoms with Crippen LogP contribution in [0.4, 0.5) is 4.39 Å². The van der Waals surface area contributed by atoms with Gasteiger partial charge in [-0.25, -0.2) is 4.39 Å². The number of aryl methyl sites for hydroxylation is 1. The standard InChI is InChI=1S/C8H9FOS/c1-5-3-6(9)8(11)4-7(5)10-2/h3-4,11H,1-2H3. The molecule has 0 unspecified atom stereocenters. The molecule has 0 amide bonds. The van der Waals surface area contributed by atoms with Gasteiger partial charge in [0.05, 0.1) is 7.11 Å². The fourth-order valence-electron chi connectivity index (χ4n) is 0.862. The van der Waals surface area contributed by atoms with Crippen molar-refractivity contribution in [1.82, 2.24) is 0 Å². The summed E-state index contributed by atoms with van der Waals surface area (Å²) in [5.41, 5.74) is 0.780. The second-order valence-electron chi connectivity index (χ2n) is 2.27. The van der Waals surface area contributed by atoms with Gasteiger partial charge in [-0.1, -0.05) is 0 Å². The second kappa shape index (κ2) is 3.13. The van der Waals surface area contributed by atoms with Gasteiger partial charge in [0.25, 0.3) is 0 Å². The molecule has 11 heavy (non-hydrogen) atoms. The maximum absolute atomic E-state index is 12.8.